The Hall–Kier alpha value is -1.56. The van der Waals surface area contributed by atoms with E-state index in [-0.39, 0.29) is 11.5 Å². The molecule has 1 atom stereocenters. The van der Waals surface area contributed by atoms with Gasteiger partial charge in [-0.25, -0.2) is 8.42 Å². The van der Waals surface area contributed by atoms with E-state index in [9.17, 15) is 13.2 Å². The molecule has 0 aliphatic rings. The van der Waals surface area contributed by atoms with Gasteiger partial charge in [-0.1, -0.05) is 45.4 Å². The summed E-state index contributed by atoms with van der Waals surface area (Å²) in [6.45, 7) is 4.00. The van der Waals surface area contributed by atoms with Gasteiger partial charge in [0.15, 0.2) is 15.1 Å². The molecular formula is C19H30O5S. The molecule has 5 nitrogen and oxygen atoms in total. The van der Waals surface area contributed by atoms with Crippen molar-refractivity contribution in [3.63, 3.8) is 0 Å². The molecule has 6 heteroatoms. The van der Waals surface area contributed by atoms with Gasteiger partial charge in [-0.05, 0) is 37.6 Å². The SMILES string of the molecule is CCCCCCCC[C@@H](C(=O)OCC)S(=O)(=O)c1ccc(OC)cc1. The van der Waals surface area contributed by atoms with Crippen molar-refractivity contribution in [1.29, 1.82) is 0 Å². The molecule has 142 valence electrons. The van der Waals surface area contributed by atoms with E-state index in [1.165, 1.54) is 25.7 Å². The van der Waals surface area contributed by atoms with Crippen LogP contribution in [-0.2, 0) is 19.4 Å². The molecule has 0 saturated carbocycles. The first-order valence-corrected chi connectivity index (χ1v) is 10.6. The molecular weight excluding hydrogens is 340 g/mol. The van der Waals surface area contributed by atoms with Crippen LogP contribution in [0.5, 0.6) is 5.75 Å². The first-order valence-electron chi connectivity index (χ1n) is 9.01. The molecule has 0 bridgehead atoms. The van der Waals surface area contributed by atoms with Gasteiger partial charge in [0.05, 0.1) is 18.6 Å². The van der Waals surface area contributed by atoms with Crippen LogP contribution in [0.3, 0.4) is 0 Å². The molecule has 0 heterocycles. The van der Waals surface area contributed by atoms with E-state index in [4.69, 9.17) is 9.47 Å². The number of unbranched alkanes of at least 4 members (excludes halogenated alkanes) is 5. The number of benzene rings is 1. The average Bonchev–Trinajstić information content (AvgIpc) is 2.61. The highest BCUT2D eigenvalue weighted by Gasteiger charge is 2.34. The van der Waals surface area contributed by atoms with Crippen LogP contribution in [0.2, 0.25) is 0 Å². The first-order chi connectivity index (χ1) is 12.0. The molecule has 0 amide bonds. The lowest BCUT2D eigenvalue weighted by molar-refractivity contribution is -0.142. The fourth-order valence-electron chi connectivity index (χ4n) is 2.67. The van der Waals surface area contributed by atoms with Gasteiger partial charge >= 0.3 is 5.97 Å². The van der Waals surface area contributed by atoms with E-state index in [2.05, 4.69) is 6.92 Å². The third-order valence-electron chi connectivity index (χ3n) is 4.13. The Kier molecular flexibility index (Phi) is 9.57. The van der Waals surface area contributed by atoms with Gasteiger partial charge in [-0.2, -0.15) is 0 Å². The van der Waals surface area contributed by atoms with E-state index in [1.54, 1.807) is 19.1 Å². The molecule has 1 aromatic carbocycles. The van der Waals surface area contributed by atoms with Crippen molar-refractivity contribution in [2.45, 2.75) is 68.9 Å². The molecule has 0 aliphatic heterocycles. The minimum absolute atomic E-state index is 0.123. The molecule has 0 saturated heterocycles. The highest BCUT2D eigenvalue weighted by molar-refractivity contribution is 7.92. The Bertz CT molecular complexity index is 607. The van der Waals surface area contributed by atoms with Gasteiger partial charge in [0.2, 0.25) is 0 Å². The molecule has 0 N–H and O–H groups in total. The summed E-state index contributed by atoms with van der Waals surface area (Å²) in [4.78, 5) is 12.3. The molecule has 0 radical (unpaired) electrons. The largest absolute Gasteiger partial charge is 0.497 e. The topological polar surface area (TPSA) is 69.7 Å². The molecule has 0 aromatic heterocycles. The fraction of sp³-hybridized carbons (Fsp3) is 0.632. The number of ether oxygens (including phenoxy) is 2. The van der Waals surface area contributed by atoms with Crippen molar-refractivity contribution >= 4 is 15.8 Å². The van der Waals surface area contributed by atoms with Gasteiger partial charge in [0, 0.05) is 0 Å². The highest BCUT2D eigenvalue weighted by Crippen LogP contribution is 2.24. The summed E-state index contributed by atoms with van der Waals surface area (Å²) in [6.07, 6.45) is 6.47. The lowest BCUT2D eigenvalue weighted by atomic mass is 10.1. The molecule has 0 fully saturated rings. The summed E-state index contributed by atoms with van der Waals surface area (Å²) in [5, 5.41) is -1.15. The summed E-state index contributed by atoms with van der Waals surface area (Å²) < 4.78 is 35.8. The van der Waals surface area contributed by atoms with E-state index in [0.717, 1.165) is 25.7 Å². The normalized spacial score (nSPS) is 12.6. The zero-order chi connectivity index (χ0) is 18.7. The van der Waals surface area contributed by atoms with Crippen molar-refractivity contribution in [2.24, 2.45) is 0 Å². The van der Waals surface area contributed by atoms with Crippen LogP contribution in [0.25, 0.3) is 0 Å². The molecule has 0 unspecified atom stereocenters. The quantitative estimate of drug-likeness (QED) is 0.408. The second-order valence-corrected chi connectivity index (χ2v) is 8.15. The second kappa shape index (κ2) is 11.1. The first kappa shape index (κ1) is 21.5. The Morgan fingerprint density at radius 1 is 1.00 bits per heavy atom. The minimum Gasteiger partial charge on any atom is -0.497 e. The molecule has 1 rings (SSSR count). The van der Waals surface area contributed by atoms with Gasteiger partial charge < -0.3 is 9.47 Å². The summed E-state index contributed by atoms with van der Waals surface area (Å²) in [7, 11) is -2.26. The van der Waals surface area contributed by atoms with Gasteiger partial charge in [0.25, 0.3) is 0 Å². The second-order valence-electron chi connectivity index (χ2n) is 6.02. The van der Waals surface area contributed by atoms with E-state index in [1.807, 2.05) is 0 Å². The number of rotatable bonds is 12. The number of sulfone groups is 1. The van der Waals surface area contributed by atoms with Gasteiger partial charge in [0.1, 0.15) is 5.75 Å². The maximum Gasteiger partial charge on any atom is 0.324 e. The summed E-state index contributed by atoms with van der Waals surface area (Å²) in [6, 6.07) is 6.11. The highest BCUT2D eigenvalue weighted by atomic mass is 32.2. The van der Waals surface area contributed by atoms with Crippen LogP contribution in [0, 0.1) is 0 Å². The maximum absolute atomic E-state index is 12.9. The Morgan fingerprint density at radius 3 is 2.16 bits per heavy atom. The van der Waals surface area contributed by atoms with Crippen LogP contribution < -0.4 is 4.74 Å². The number of carbonyl (C=O) groups is 1. The van der Waals surface area contributed by atoms with Crippen molar-refractivity contribution in [1.82, 2.24) is 0 Å². The van der Waals surface area contributed by atoms with E-state index >= 15 is 0 Å². The predicted octanol–water partition coefficient (Wildman–Crippen LogP) is 4.15. The predicted molar refractivity (Wildman–Crippen MR) is 98.6 cm³/mol. The maximum atomic E-state index is 12.9. The molecule has 0 aliphatic carbocycles. The van der Waals surface area contributed by atoms with Gasteiger partial charge in [-0.15, -0.1) is 0 Å². The standard InChI is InChI=1S/C19H30O5S/c1-4-6-7-8-9-10-11-18(19(20)24-5-2)25(21,22)17-14-12-16(23-3)13-15-17/h12-15,18H,4-11H2,1-3H3/t18-/m0/s1. The molecule has 0 spiro atoms. The van der Waals surface area contributed by atoms with E-state index < -0.39 is 21.1 Å². The average molecular weight is 371 g/mol. The van der Waals surface area contributed by atoms with Crippen LogP contribution in [0.15, 0.2) is 29.2 Å². The zero-order valence-electron chi connectivity index (χ0n) is 15.5. The minimum atomic E-state index is -3.77. The Morgan fingerprint density at radius 2 is 1.60 bits per heavy atom. The Balaban J connectivity index is 2.83. The fourth-order valence-corrected chi connectivity index (χ4v) is 4.32. The monoisotopic (exact) mass is 370 g/mol. The van der Waals surface area contributed by atoms with Gasteiger partial charge in [-0.3, -0.25) is 4.79 Å². The number of hydrogen-bond acceptors (Lipinski definition) is 5. The number of esters is 1. The van der Waals surface area contributed by atoms with Crippen molar-refractivity contribution < 1.29 is 22.7 Å². The van der Waals surface area contributed by atoms with Crippen LogP contribution in [0.4, 0.5) is 0 Å². The summed E-state index contributed by atoms with van der Waals surface area (Å²) in [5.41, 5.74) is 0. The van der Waals surface area contributed by atoms with Crippen molar-refractivity contribution in [3.05, 3.63) is 24.3 Å². The molecule has 25 heavy (non-hydrogen) atoms. The number of methoxy groups -OCH3 is 1. The number of hydrogen-bond donors (Lipinski definition) is 0. The molecule has 1 aromatic rings. The Labute approximate surface area is 151 Å². The smallest absolute Gasteiger partial charge is 0.324 e. The lowest BCUT2D eigenvalue weighted by Crippen LogP contribution is -2.32. The lowest BCUT2D eigenvalue weighted by Gasteiger charge is -2.16. The van der Waals surface area contributed by atoms with Crippen LogP contribution in [0.1, 0.15) is 58.8 Å². The van der Waals surface area contributed by atoms with Crippen LogP contribution in [-0.4, -0.2) is 33.4 Å². The summed E-state index contributed by atoms with van der Waals surface area (Å²) in [5.74, 6) is -0.0885. The van der Waals surface area contributed by atoms with Crippen molar-refractivity contribution in [3.8, 4) is 5.75 Å². The van der Waals surface area contributed by atoms with Crippen molar-refractivity contribution in [2.75, 3.05) is 13.7 Å². The van der Waals surface area contributed by atoms with Crippen LogP contribution >= 0.6 is 0 Å². The zero-order valence-corrected chi connectivity index (χ0v) is 16.3. The third-order valence-corrected chi connectivity index (χ3v) is 6.24. The van der Waals surface area contributed by atoms with E-state index in [0.29, 0.717) is 18.6 Å². The number of carbonyl (C=O) groups excluding carboxylic acids is 1. The summed E-state index contributed by atoms with van der Waals surface area (Å²) >= 11 is 0. The third kappa shape index (κ3) is 6.69.